The van der Waals surface area contributed by atoms with Crippen LogP contribution in [-0.4, -0.2) is 31.6 Å². The van der Waals surface area contributed by atoms with Gasteiger partial charge in [0, 0.05) is 17.5 Å². The minimum absolute atomic E-state index is 0.101. The molecule has 2 heterocycles. The molecule has 2 aromatic heterocycles. The second-order valence-corrected chi connectivity index (χ2v) is 7.87. The van der Waals surface area contributed by atoms with E-state index >= 15 is 0 Å². The molecule has 0 fully saturated rings. The third-order valence-electron chi connectivity index (χ3n) is 5.93. The Morgan fingerprint density at radius 1 is 1.00 bits per heavy atom. The summed E-state index contributed by atoms with van der Waals surface area (Å²) in [4.78, 5) is 44.1. The number of benzene rings is 3. The van der Waals surface area contributed by atoms with Crippen LogP contribution in [0.1, 0.15) is 17.3 Å². The topological polar surface area (TPSA) is 88.1 Å². The molecule has 170 valence electrons. The molecule has 0 unspecified atom stereocenters. The number of carbonyl (C=O) groups excluding carboxylic acids is 1. The number of methoxy groups -OCH3 is 1. The van der Waals surface area contributed by atoms with E-state index in [1.807, 2.05) is 42.5 Å². The molecule has 0 saturated heterocycles. The molecule has 0 radical (unpaired) electrons. The molecule has 3 aromatic carbocycles. The fourth-order valence-electron chi connectivity index (χ4n) is 4.24. The first-order valence-corrected chi connectivity index (χ1v) is 10.9. The SMILES string of the molecule is CCn1c(=O)c2c(ncn2CC(=O)c2cccc(OC)c2)n(-c2cccc3ccccc23)c1=O. The van der Waals surface area contributed by atoms with Gasteiger partial charge in [-0.3, -0.25) is 14.2 Å². The number of aromatic nitrogens is 4. The standard InChI is InChI=1S/C26H22N4O4/c1-3-29-25(32)23-24(27-16-28(23)15-22(31)18-10-6-11-19(14-18)34-2)30(26(29)33)21-13-7-9-17-8-4-5-12-20(17)21/h4-14,16H,3,15H2,1-2H3. The average molecular weight is 454 g/mol. The minimum atomic E-state index is -0.477. The lowest BCUT2D eigenvalue weighted by Crippen LogP contribution is -2.39. The van der Waals surface area contributed by atoms with E-state index in [9.17, 15) is 14.4 Å². The van der Waals surface area contributed by atoms with Crippen LogP contribution in [0.5, 0.6) is 5.75 Å². The summed E-state index contributed by atoms with van der Waals surface area (Å²) < 4.78 is 9.34. The lowest BCUT2D eigenvalue weighted by molar-refractivity contribution is 0.0973. The van der Waals surface area contributed by atoms with Gasteiger partial charge in [0.2, 0.25) is 0 Å². The predicted octanol–water partition coefficient (Wildman–Crippen LogP) is 3.41. The normalized spacial score (nSPS) is 11.2. The molecule has 5 aromatic rings. The summed E-state index contributed by atoms with van der Waals surface area (Å²) in [6.45, 7) is 1.83. The zero-order chi connectivity index (χ0) is 23.8. The number of ketones is 1. The van der Waals surface area contributed by atoms with E-state index in [-0.39, 0.29) is 30.0 Å². The van der Waals surface area contributed by atoms with E-state index in [4.69, 9.17) is 4.74 Å². The van der Waals surface area contributed by atoms with E-state index in [0.29, 0.717) is 17.0 Å². The maximum Gasteiger partial charge on any atom is 0.337 e. The van der Waals surface area contributed by atoms with Gasteiger partial charge in [-0.1, -0.05) is 48.5 Å². The van der Waals surface area contributed by atoms with Gasteiger partial charge in [-0.05, 0) is 30.5 Å². The fourth-order valence-corrected chi connectivity index (χ4v) is 4.24. The lowest BCUT2D eigenvalue weighted by Gasteiger charge is -2.13. The molecule has 0 saturated carbocycles. The number of hydrogen-bond acceptors (Lipinski definition) is 5. The monoisotopic (exact) mass is 454 g/mol. The predicted molar refractivity (Wildman–Crippen MR) is 130 cm³/mol. The van der Waals surface area contributed by atoms with Crippen LogP contribution in [0, 0.1) is 0 Å². The lowest BCUT2D eigenvalue weighted by atomic mass is 10.1. The second-order valence-electron chi connectivity index (χ2n) is 7.87. The van der Waals surface area contributed by atoms with Crippen LogP contribution in [0.15, 0.2) is 82.6 Å². The summed E-state index contributed by atoms with van der Waals surface area (Å²) >= 11 is 0. The first kappa shape index (κ1) is 21.4. The number of Topliss-reactive ketones (excluding diaryl/α,β-unsaturated/α-hetero) is 1. The first-order valence-electron chi connectivity index (χ1n) is 10.9. The summed E-state index contributed by atoms with van der Waals surface area (Å²) in [6, 6.07) is 20.2. The van der Waals surface area contributed by atoms with Crippen LogP contribution < -0.4 is 16.0 Å². The van der Waals surface area contributed by atoms with E-state index in [2.05, 4.69) is 4.98 Å². The van der Waals surface area contributed by atoms with Gasteiger partial charge in [0.15, 0.2) is 16.9 Å². The average Bonchev–Trinajstić information content (AvgIpc) is 3.27. The zero-order valence-electron chi connectivity index (χ0n) is 18.8. The van der Waals surface area contributed by atoms with Gasteiger partial charge < -0.3 is 9.30 Å². The molecule has 0 amide bonds. The van der Waals surface area contributed by atoms with Crippen molar-refractivity contribution in [1.82, 2.24) is 18.7 Å². The van der Waals surface area contributed by atoms with Crippen molar-refractivity contribution in [2.75, 3.05) is 7.11 Å². The quantitative estimate of drug-likeness (QED) is 0.367. The van der Waals surface area contributed by atoms with Crippen molar-refractivity contribution < 1.29 is 9.53 Å². The molecule has 0 bridgehead atoms. The Kier molecular flexibility index (Phi) is 5.33. The molecule has 34 heavy (non-hydrogen) atoms. The highest BCUT2D eigenvalue weighted by atomic mass is 16.5. The molecule has 0 aliphatic carbocycles. The van der Waals surface area contributed by atoms with Gasteiger partial charge in [-0.15, -0.1) is 0 Å². The van der Waals surface area contributed by atoms with Gasteiger partial charge in [0.1, 0.15) is 5.75 Å². The number of rotatable bonds is 6. The molecule has 0 atom stereocenters. The van der Waals surface area contributed by atoms with Crippen molar-refractivity contribution in [2.24, 2.45) is 0 Å². The molecule has 0 spiro atoms. The molecule has 8 heteroatoms. The summed E-state index contributed by atoms with van der Waals surface area (Å²) in [5.41, 5.74) is 0.551. The largest absolute Gasteiger partial charge is 0.497 e. The number of hydrogen-bond donors (Lipinski definition) is 0. The van der Waals surface area contributed by atoms with Crippen molar-refractivity contribution in [3.8, 4) is 11.4 Å². The van der Waals surface area contributed by atoms with Gasteiger partial charge in [0.25, 0.3) is 5.56 Å². The summed E-state index contributed by atoms with van der Waals surface area (Å²) in [6.07, 6.45) is 1.44. The van der Waals surface area contributed by atoms with Crippen LogP contribution in [-0.2, 0) is 13.1 Å². The molecular formula is C26H22N4O4. The summed E-state index contributed by atoms with van der Waals surface area (Å²) in [5, 5.41) is 1.82. The highest BCUT2D eigenvalue weighted by Gasteiger charge is 2.21. The number of carbonyl (C=O) groups is 1. The van der Waals surface area contributed by atoms with Crippen molar-refractivity contribution in [3.63, 3.8) is 0 Å². The van der Waals surface area contributed by atoms with Crippen molar-refractivity contribution >= 4 is 27.7 Å². The maximum atomic E-state index is 13.4. The maximum absolute atomic E-state index is 13.4. The van der Waals surface area contributed by atoms with Crippen LogP contribution in [0.2, 0.25) is 0 Å². The molecule has 0 aliphatic heterocycles. The Morgan fingerprint density at radius 3 is 2.56 bits per heavy atom. The Morgan fingerprint density at radius 2 is 1.76 bits per heavy atom. The summed E-state index contributed by atoms with van der Waals surface area (Å²) in [5.74, 6) is 0.364. The molecule has 0 N–H and O–H groups in total. The smallest absolute Gasteiger partial charge is 0.337 e. The Balaban J connectivity index is 1.73. The molecule has 8 nitrogen and oxygen atoms in total. The zero-order valence-corrected chi connectivity index (χ0v) is 18.8. The van der Waals surface area contributed by atoms with Gasteiger partial charge in [-0.25, -0.2) is 14.3 Å². The van der Waals surface area contributed by atoms with Crippen LogP contribution in [0.3, 0.4) is 0 Å². The second kappa shape index (κ2) is 8.47. The fraction of sp³-hybridized carbons (Fsp3) is 0.154. The number of imidazole rings is 1. The Bertz CT molecular complexity index is 1670. The molecule has 0 aliphatic rings. The van der Waals surface area contributed by atoms with Crippen molar-refractivity contribution in [3.05, 3.63) is 99.5 Å². The highest BCUT2D eigenvalue weighted by Crippen LogP contribution is 2.23. The van der Waals surface area contributed by atoms with Crippen LogP contribution in [0.4, 0.5) is 0 Å². The van der Waals surface area contributed by atoms with E-state index < -0.39 is 11.2 Å². The van der Waals surface area contributed by atoms with Crippen LogP contribution in [0.25, 0.3) is 27.6 Å². The Labute approximate surface area is 194 Å². The van der Waals surface area contributed by atoms with Gasteiger partial charge >= 0.3 is 5.69 Å². The van der Waals surface area contributed by atoms with Crippen molar-refractivity contribution in [1.29, 1.82) is 0 Å². The number of fused-ring (bicyclic) bond motifs is 2. The molecule has 5 rings (SSSR count). The van der Waals surface area contributed by atoms with E-state index in [1.54, 1.807) is 31.2 Å². The molecular weight excluding hydrogens is 432 g/mol. The van der Waals surface area contributed by atoms with Gasteiger partial charge in [0.05, 0.1) is 25.7 Å². The minimum Gasteiger partial charge on any atom is -0.497 e. The van der Waals surface area contributed by atoms with Crippen molar-refractivity contribution in [2.45, 2.75) is 20.0 Å². The number of nitrogens with zero attached hydrogens (tertiary/aromatic N) is 4. The summed E-state index contributed by atoms with van der Waals surface area (Å²) in [7, 11) is 1.53. The van der Waals surface area contributed by atoms with E-state index in [0.717, 1.165) is 15.3 Å². The first-order chi connectivity index (χ1) is 16.5. The van der Waals surface area contributed by atoms with Crippen LogP contribution >= 0.6 is 0 Å². The third kappa shape index (κ3) is 3.40. The van der Waals surface area contributed by atoms with Gasteiger partial charge in [-0.2, -0.15) is 0 Å². The Hall–Kier alpha value is -4.46. The van der Waals surface area contributed by atoms with E-state index in [1.165, 1.54) is 22.6 Å². The third-order valence-corrected chi connectivity index (χ3v) is 5.93. The highest BCUT2D eigenvalue weighted by molar-refractivity contribution is 5.97. The number of ether oxygens (including phenoxy) is 1.